The molecule has 0 saturated carbocycles. The summed E-state index contributed by atoms with van der Waals surface area (Å²) in [4.78, 5) is 37.2. The maximum atomic E-state index is 12.3. The summed E-state index contributed by atoms with van der Waals surface area (Å²) < 4.78 is 0. The van der Waals surface area contributed by atoms with Crippen molar-refractivity contribution >= 4 is 29.5 Å². The number of aromatic hydroxyl groups is 1. The smallest absolute Gasteiger partial charge is 1.00 e. The molecule has 7 N–H and O–H groups in total. The Morgan fingerprint density at radius 3 is 2.52 bits per heavy atom. The summed E-state index contributed by atoms with van der Waals surface area (Å²) in [6, 6.07) is 4.09. The maximum absolute atomic E-state index is 12.3. The number of phenols is 1. The van der Waals surface area contributed by atoms with Crippen molar-refractivity contribution in [2.24, 2.45) is 5.73 Å². The molecule has 0 bridgehead atoms. The number of aliphatic carboxylic acids is 1. The number of β-lactam (4-membered cyclic amide) rings is 1. The first-order chi connectivity index (χ1) is 11.8. The third-order valence-electron chi connectivity index (χ3n) is 4.19. The van der Waals surface area contributed by atoms with Gasteiger partial charge in [0, 0.05) is 5.75 Å². The number of nitrogens with one attached hydrogen (secondary N) is 1. The molecule has 3 rings (SSSR count). The number of hydrogen-bond donors (Lipinski definition) is 4. The summed E-state index contributed by atoms with van der Waals surface area (Å²) >= 11 is 1.40. The fraction of sp³-hybridized carbons (Fsp3) is 0.312. The molecule has 27 heavy (non-hydrogen) atoms. The van der Waals surface area contributed by atoms with Gasteiger partial charge in [0.25, 0.3) is 5.91 Å². The number of phenolic OH excluding ortho intramolecular Hbond substituents is 1. The van der Waals surface area contributed by atoms with Crippen LogP contribution in [0.25, 0.3) is 0 Å². The zero-order valence-electron chi connectivity index (χ0n) is 15.8. The van der Waals surface area contributed by atoms with Crippen molar-refractivity contribution in [2.45, 2.75) is 24.4 Å². The molecule has 11 heteroatoms. The van der Waals surface area contributed by atoms with Crippen molar-refractivity contribution in [1.29, 1.82) is 0 Å². The normalized spacial score (nSPS) is 21.9. The Hall–Kier alpha value is -1.56. The minimum atomic E-state index is -1.15. The number of thioether (sulfide) groups is 1. The molecule has 9 nitrogen and oxygen atoms in total. The molecule has 142 valence electrons. The predicted molar refractivity (Wildman–Crippen MR) is 95.1 cm³/mol. The van der Waals surface area contributed by atoms with Gasteiger partial charge in [0.1, 0.15) is 28.9 Å². The predicted octanol–water partition coefficient (Wildman–Crippen LogP) is -3.56. The number of amides is 2. The molecule has 1 aromatic carbocycles. The van der Waals surface area contributed by atoms with E-state index >= 15 is 0 Å². The number of nitrogens with two attached hydrogens (primary N) is 1. The van der Waals surface area contributed by atoms with Gasteiger partial charge in [0.05, 0.1) is 0 Å². The first kappa shape index (κ1) is 23.5. The van der Waals surface area contributed by atoms with Gasteiger partial charge in [-0.2, -0.15) is 0 Å². The average molecular weight is 405 g/mol. The number of nitrogens with zero attached hydrogens (tertiary/aromatic N) is 1. The number of rotatable bonds is 4. The molecule has 0 spiro atoms. The third-order valence-corrected chi connectivity index (χ3v) is 5.62. The summed E-state index contributed by atoms with van der Waals surface area (Å²) in [6.07, 6.45) is 0. The first-order valence-corrected chi connectivity index (χ1v) is 8.58. The Morgan fingerprint density at radius 1 is 1.37 bits per heavy atom. The van der Waals surface area contributed by atoms with E-state index < -0.39 is 35.2 Å². The van der Waals surface area contributed by atoms with E-state index in [1.54, 1.807) is 6.92 Å². The molecule has 2 amide bonds. The average Bonchev–Trinajstić information content (AvgIpc) is 2.58. The molecule has 1 saturated heterocycles. The van der Waals surface area contributed by atoms with Gasteiger partial charge < -0.3 is 28.2 Å². The molecule has 2 aliphatic heterocycles. The quantitative estimate of drug-likeness (QED) is 0.297. The van der Waals surface area contributed by atoms with Crippen LogP contribution in [0.4, 0.5) is 0 Å². The maximum Gasteiger partial charge on any atom is 1.00 e. The van der Waals surface area contributed by atoms with E-state index in [0.29, 0.717) is 16.9 Å². The summed E-state index contributed by atoms with van der Waals surface area (Å²) in [5.41, 5.74) is 7.00. The van der Waals surface area contributed by atoms with E-state index in [4.69, 9.17) is 5.73 Å². The molecule has 0 aromatic heterocycles. The summed E-state index contributed by atoms with van der Waals surface area (Å²) in [7, 11) is 0. The summed E-state index contributed by atoms with van der Waals surface area (Å²) in [6.45, 7) is 1.67. The van der Waals surface area contributed by atoms with E-state index in [-0.39, 0.29) is 47.9 Å². The molecule has 1 aromatic rings. The number of carboxylic acid groups (broad SMARTS) is 1. The second-order valence-electron chi connectivity index (χ2n) is 5.90. The van der Waals surface area contributed by atoms with E-state index in [0.717, 1.165) is 0 Å². The minimum absolute atomic E-state index is 0. The van der Waals surface area contributed by atoms with E-state index in [1.165, 1.54) is 40.9 Å². The number of fused-ring (bicyclic) bond motifs is 1. The Morgan fingerprint density at radius 2 is 1.96 bits per heavy atom. The minimum Gasteiger partial charge on any atom is -1.00 e. The molecule has 0 unspecified atom stereocenters. The number of hydrogen-bond acceptors (Lipinski definition) is 6. The van der Waals surface area contributed by atoms with Crippen molar-refractivity contribution in [3.05, 3.63) is 41.1 Å². The Bertz CT molecular complexity index is 791. The molecule has 2 aliphatic rings. The Labute approximate surface area is 183 Å². The Kier molecular flexibility index (Phi) is 7.90. The third kappa shape index (κ3) is 4.31. The van der Waals surface area contributed by atoms with Gasteiger partial charge in [-0.1, -0.05) is 12.1 Å². The Balaban J connectivity index is 0.00000243. The fourth-order valence-corrected chi connectivity index (χ4v) is 4.14. The van der Waals surface area contributed by atoms with Gasteiger partial charge in [-0.05, 0) is 30.2 Å². The van der Waals surface area contributed by atoms with Crippen LogP contribution in [0.1, 0.15) is 20.0 Å². The molecule has 3 atom stereocenters. The number of carboxylic acids is 1. The monoisotopic (exact) mass is 405 g/mol. The van der Waals surface area contributed by atoms with Crippen LogP contribution in [-0.4, -0.2) is 55.5 Å². The number of carbonyl (C=O) groups excluding carboxylic acids is 2. The van der Waals surface area contributed by atoms with Crippen molar-refractivity contribution in [2.75, 3.05) is 5.75 Å². The van der Waals surface area contributed by atoms with Crippen LogP contribution < -0.4 is 40.6 Å². The van der Waals surface area contributed by atoms with Crippen LogP contribution in [-0.2, 0) is 14.4 Å². The summed E-state index contributed by atoms with van der Waals surface area (Å²) in [5, 5.41) is 20.7. The van der Waals surface area contributed by atoms with Gasteiger partial charge in [-0.3, -0.25) is 14.5 Å². The van der Waals surface area contributed by atoms with Gasteiger partial charge in [-0.15, -0.1) is 11.8 Å². The largest absolute Gasteiger partial charge is 1.00 e. The van der Waals surface area contributed by atoms with Crippen molar-refractivity contribution < 1.29 is 61.1 Å². The van der Waals surface area contributed by atoms with Crippen LogP contribution in [0.3, 0.4) is 0 Å². The molecular weight excluding hydrogens is 385 g/mol. The van der Waals surface area contributed by atoms with Crippen molar-refractivity contribution in [3.63, 3.8) is 0 Å². The van der Waals surface area contributed by atoms with Crippen LogP contribution in [0.15, 0.2) is 35.5 Å². The fourth-order valence-electron chi connectivity index (χ4n) is 2.85. The SMILES string of the molecule is CC1=C(C(=O)O)N2C(=O)[C@@H](NC(=O)[C@H](N)c3ccc(O)cc3)[C@H]2SC1.O.[H-].[Na+]. The number of carbonyl (C=O) groups is 3. The van der Waals surface area contributed by atoms with E-state index in [2.05, 4.69) is 5.32 Å². The van der Waals surface area contributed by atoms with Gasteiger partial charge in [0.15, 0.2) is 0 Å². The molecule has 2 heterocycles. The molecule has 0 radical (unpaired) electrons. The zero-order valence-corrected chi connectivity index (χ0v) is 17.6. The first-order valence-electron chi connectivity index (χ1n) is 7.54. The second-order valence-corrected chi connectivity index (χ2v) is 7.00. The molecule has 1 fully saturated rings. The topological polar surface area (TPSA) is 164 Å². The van der Waals surface area contributed by atoms with Crippen LogP contribution in [0, 0.1) is 0 Å². The van der Waals surface area contributed by atoms with Crippen LogP contribution >= 0.6 is 11.8 Å². The molecule has 0 aliphatic carbocycles. The van der Waals surface area contributed by atoms with Crippen molar-refractivity contribution in [3.8, 4) is 5.75 Å². The van der Waals surface area contributed by atoms with Crippen LogP contribution in [0.5, 0.6) is 5.75 Å². The van der Waals surface area contributed by atoms with E-state index in [9.17, 15) is 24.6 Å². The van der Waals surface area contributed by atoms with E-state index in [1.807, 2.05) is 0 Å². The number of benzene rings is 1. The standard InChI is InChI=1S/C16H17N3O5S.Na.H2O.H/c1-7-6-25-15-11(14(22)19(15)12(7)16(23)24)18-13(21)10(17)8-2-4-9(20)5-3-8;;;/h2-5,10-11,15,20H,6,17H2,1H3,(H,18,21)(H,23,24);;1H2;/q;+1;;-1/t10-,11-,15-;;;/m1.../s1. The summed E-state index contributed by atoms with van der Waals surface area (Å²) in [5.74, 6) is -1.61. The zero-order chi connectivity index (χ0) is 18.3. The van der Waals surface area contributed by atoms with Crippen molar-refractivity contribution in [1.82, 2.24) is 10.2 Å². The second kappa shape index (κ2) is 9.09. The van der Waals surface area contributed by atoms with Gasteiger partial charge in [-0.25, -0.2) is 4.79 Å². The van der Waals surface area contributed by atoms with Gasteiger partial charge in [0.2, 0.25) is 5.91 Å². The van der Waals surface area contributed by atoms with Crippen LogP contribution in [0.2, 0.25) is 0 Å². The molecular formula is C16H20N3NaO6S. The van der Waals surface area contributed by atoms with Gasteiger partial charge >= 0.3 is 35.5 Å².